The second kappa shape index (κ2) is 13.7. The molecule has 0 aliphatic carbocycles. The summed E-state index contributed by atoms with van der Waals surface area (Å²) >= 11 is 0. The van der Waals surface area contributed by atoms with E-state index in [0.29, 0.717) is 5.57 Å². The van der Waals surface area contributed by atoms with E-state index in [4.69, 9.17) is 5.11 Å². The van der Waals surface area contributed by atoms with E-state index in [9.17, 15) is 30.3 Å². The number of hydrogen-bond acceptors (Lipinski definition) is 6. The molecule has 0 rings (SSSR count). The van der Waals surface area contributed by atoms with Gasteiger partial charge in [0.1, 0.15) is 6.10 Å². The number of carbonyl (C=O) groups is 1. The van der Waals surface area contributed by atoms with E-state index in [-0.39, 0.29) is 17.4 Å². The topological polar surface area (TPSA) is 138 Å². The molecule has 0 aromatic carbocycles. The van der Waals surface area contributed by atoms with Crippen molar-refractivity contribution in [2.75, 3.05) is 0 Å². The maximum atomic E-state index is 10.8. The highest BCUT2D eigenvalue weighted by Gasteiger charge is 2.26. The van der Waals surface area contributed by atoms with E-state index in [2.05, 4.69) is 0 Å². The molecule has 0 aliphatic rings. The van der Waals surface area contributed by atoms with Gasteiger partial charge in [-0.05, 0) is 56.9 Å². The first kappa shape index (κ1) is 30.2. The van der Waals surface area contributed by atoms with Crippen molar-refractivity contribution in [3.8, 4) is 0 Å². The normalized spacial score (nSPS) is 21.9. The van der Waals surface area contributed by atoms with Crippen LogP contribution in [0.5, 0.6) is 0 Å². The van der Waals surface area contributed by atoms with Crippen LogP contribution >= 0.6 is 0 Å². The van der Waals surface area contributed by atoms with Gasteiger partial charge in [-0.25, -0.2) is 4.79 Å². The zero-order valence-electron chi connectivity index (χ0n) is 20.5. The average Bonchev–Trinajstić information content (AvgIpc) is 2.74. The van der Waals surface area contributed by atoms with Crippen molar-refractivity contribution in [3.63, 3.8) is 0 Å². The van der Waals surface area contributed by atoms with Gasteiger partial charge in [0.15, 0.2) is 6.10 Å². The summed E-state index contributed by atoms with van der Waals surface area (Å²) in [5.41, 5.74) is 2.45. The van der Waals surface area contributed by atoms with Crippen LogP contribution in [-0.2, 0) is 4.79 Å². The molecule has 0 fully saturated rings. The summed E-state index contributed by atoms with van der Waals surface area (Å²) in [6, 6.07) is 0. The molecule has 0 amide bonds. The first-order chi connectivity index (χ1) is 14.6. The smallest absolute Gasteiger partial charge is 0.335 e. The van der Waals surface area contributed by atoms with Crippen molar-refractivity contribution in [1.29, 1.82) is 0 Å². The monoisotopic (exact) mass is 454 g/mol. The molecule has 8 atom stereocenters. The van der Waals surface area contributed by atoms with Crippen LogP contribution in [0.1, 0.15) is 55.4 Å². The molecule has 7 nitrogen and oxygen atoms in total. The number of carboxylic acids is 1. The Kier molecular flexibility index (Phi) is 12.9. The van der Waals surface area contributed by atoms with Gasteiger partial charge in [0.05, 0.1) is 18.3 Å². The fourth-order valence-corrected chi connectivity index (χ4v) is 3.61. The molecule has 0 heterocycles. The second-order valence-electron chi connectivity index (χ2n) is 8.90. The Bertz CT molecular complexity index is 735. The third-order valence-electron chi connectivity index (χ3n) is 5.94. The summed E-state index contributed by atoms with van der Waals surface area (Å²) < 4.78 is 0. The predicted octanol–water partition coefficient (Wildman–Crippen LogP) is 2.59. The van der Waals surface area contributed by atoms with Crippen molar-refractivity contribution in [3.05, 3.63) is 46.6 Å². The summed E-state index contributed by atoms with van der Waals surface area (Å²) in [5, 5.41) is 59.8. The van der Waals surface area contributed by atoms with Gasteiger partial charge >= 0.3 is 5.97 Å². The number of aliphatic hydroxyl groups is 5. The SMILES string of the molecule is C/C=C(\C)[C@H](O)[C@H](C)/C=C(\C)[C@H](O)[C@H](C)/C=C(\C)[C@H](O)[C@H](C)/C=C(\C)[C@@H](O)[C@@H](O)C(=O)O. The third-order valence-corrected chi connectivity index (χ3v) is 5.94. The highest BCUT2D eigenvalue weighted by Crippen LogP contribution is 2.23. The van der Waals surface area contributed by atoms with Crippen LogP contribution < -0.4 is 0 Å². The molecular weight excluding hydrogens is 412 g/mol. The molecular formula is C25H42O7. The van der Waals surface area contributed by atoms with Gasteiger partial charge in [-0.2, -0.15) is 0 Å². The summed E-state index contributed by atoms with van der Waals surface area (Å²) in [6.07, 6.45) is 1.16. The lowest BCUT2D eigenvalue weighted by Crippen LogP contribution is -2.35. The van der Waals surface area contributed by atoms with Crippen LogP contribution in [0.2, 0.25) is 0 Å². The van der Waals surface area contributed by atoms with Crippen molar-refractivity contribution >= 4 is 5.97 Å². The Morgan fingerprint density at radius 2 is 0.844 bits per heavy atom. The standard InChI is InChI=1S/C25H42O7/c1-9-13(2)20(26)14(3)10-15(4)21(27)16(5)11-17(6)22(28)18(7)12-19(8)23(29)24(30)25(31)32/h9-12,14,16,18,20-24,26-30H,1-8H3,(H,31,32)/b13-9+,15-10+,17-11+,19-12+/t14-,16-,18-,20+,21+,22+,23-,24-/m1/s1. The van der Waals surface area contributed by atoms with Gasteiger partial charge in [-0.1, -0.05) is 45.1 Å². The first-order valence-electron chi connectivity index (χ1n) is 11.0. The number of allylic oxidation sites excluding steroid dienone is 1. The molecule has 0 radical (unpaired) electrons. The number of carboxylic acid groups (broad SMARTS) is 1. The van der Waals surface area contributed by atoms with E-state index in [1.807, 2.05) is 39.8 Å². The van der Waals surface area contributed by atoms with Gasteiger partial charge in [-0.15, -0.1) is 0 Å². The zero-order valence-corrected chi connectivity index (χ0v) is 20.5. The van der Waals surface area contributed by atoms with E-state index in [0.717, 1.165) is 11.1 Å². The van der Waals surface area contributed by atoms with Crippen molar-refractivity contribution in [2.45, 2.75) is 85.9 Å². The molecule has 0 aliphatic heterocycles. The quantitative estimate of drug-likeness (QED) is 0.249. The summed E-state index contributed by atoms with van der Waals surface area (Å²) in [5.74, 6) is -2.44. The minimum absolute atomic E-state index is 0.163. The maximum Gasteiger partial charge on any atom is 0.335 e. The fraction of sp³-hybridized carbons (Fsp3) is 0.640. The average molecular weight is 455 g/mol. The molecule has 184 valence electrons. The highest BCUT2D eigenvalue weighted by atomic mass is 16.4. The third kappa shape index (κ3) is 9.00. The molecule has 32 heavy (non-hydrogen) atoms. The summed E-state index contributed by atoms with van der Waals surface area (Å²) in [7, 11) is 0. The Morgan fingerprint density at radius 3 is 1.12 bits per heavy atom. The van der Waals surface area contributed by atoms with E-state index >= 15 is 0 Å². The fourth-order valence-electron chi connectivity index (χ4n) is 3.61. The lowest BCUT2D eigenvalue weighted by molar-refractivity contribution is -0.151. The molecule has 7 heteroatoms. The molecule has 0 aromatic rings. The largest absolute Gasteiger partial charge is 0.479 e. The molecule has 0 saturated carbocycles. The van der Waals surface area contributed by atoms with Gasteiger partial charge in [-0.3, -0.25) is 0 Å². The van der Waals surface area contributed by atoms with Gasteiger partial charge in [0.2, 0.25) is 0 Å². The Balaban J connectivity index is 5.35. The second-order valence-corrected chi connectivity index (χ2v) is 8.90. The Labute approximate surface area is 192 Å². The van der Waals surface area contributed by atoms with Gasteiger partial charge in [0.25, 0.3) is 0 Å². The first-order valence-corrected chi connectivity index (χ1v) is 11.0. The molecule has 0 spiro atoms. The van der Waals surface area contributed by atoms with Crippen molar-refractivity contribution in [1.82, 2.24) is 0 Å². The summed E-state index contributed by atoms with van der Waals surface area (Å²) in [6.45, 7) is 14.2. The summed E-state index contributed by atoms with van der Waals surface area (Å²) in [4.78, 5) is 10.8. The highest BCUT2D eigenvalue weighted by molar-refractivity contribution is 5.73. The van der Waals surface area contributed by atoms with Crippen LogP contribution in [0.15, 0.2) is 46.6 Å². The van der Waals surface area contributed by atoms with Crippen LogP contribution in [0.4, 0.5) is 0 Å². The lowest BCUT2D eigenvalue weighted by atomic mass is 9.88. The Morgan fingerprint density at radius 1 is 0.562 bits per heavy atom. The van der Waals surface area contributed by atoms with Gasteiger partial charge < -0.3 is 30.6 Å². The van der Waals surface area contributed by atoms with E-state index in [1.165, 1.54) is 13.0 Å². The van der Waals surface area contributed by atoms with Crippen LogP contribution in [0.3, 0.4) is 0 Å². The molecule has 0 aromatic heterocycles. The maximum absolute atomic E-state index is 10.8. The minimum Gasteiger partial charge on any atom is -0.479 e. The zero-order chi connectivity index (χ0) is 25.3. The van der Waals surface area contributed by atoms with Crippen molar-refractivity contribution in [2.24, 2.45) is 17.8 Å². The number of aliphatic hydroxyl groups excluding tert-OH is 5. The van der Waals surface area contributed by atoms with Gasteiger partial charge in [0, 0.05) is 17.8 Å². The van der Waals surface area contributed by atoms with Crippen LogP contribution in [0, 0.1) is 17.8 Å². The van der Waals surface area contributed by atoms with E-state index < -0.39 is 42.4 Å². The van der Waals surface area contributed by atoms with E-state index in [1.54, 1.807) is 26.8 Å². The van der Waals surface area contributed by atoms with Crippen LogP contribution in [-0.4, -0.2) is 67.1 Å². The Hall–Kier alpha value is -1.77. The molecule has 6 N–H and O–H groups in total. The number of rotatable bonds is 12. The number of hydrogen-bond donors (Lipinski definition) is 6. The predicted molar refractivity (Wildman–Crippen MR) is 126 cm³/mol. The minimum atomic E-state index is -1.94. The van der Waals surface area contributed by atoms with Crippen molar-refractivity contribution < 1.29 is 35.4 Å². The molecule has 0 unspecified atom stereocenters. The van der Waals surface area contributed by atoms with Crippen LogP contribution in [0.25, 0.3) is 0 Å². The lowest BCUT2D eigenvalue weighted by Gasteiger charge is -2.24. The molecule has 0 saturated heterocycles. The number of aliphatic carboxylic acids is 1. The molecule has 0 bridgehead atoms.